The number of aromatic nitrogens is 3. The minimum Gasteiger partial charge on any atom is -0.456 e. The summed E-state index contributed by atoms with van der Waals surface area (Å²) in [7, 11) is 0. The Labute approximate surface area is 357 Å². The Balaban J connectivity index is 0.932. The molecule has 290 valence electrons. The van der Waals surface area contributed by atoms with Crippen molar-refractivity contribution in [1.29, 1.82) is 0 Å². The molecule has 62 heavy (non-hydrogen) atoms. The van der Waals surface area contributed by atoms with Crippen molar-refractivity contribution in [3.05, 3.63) is 212 Å². The van der Waals surface area contributed by atoms with Crippen molar-refractivity contribution in [2.75, 3.05) is 0 Å². The first kappa shape index (κ1) is 35.5. The largest absolute Gasteiger partial charge is 0.456 e. The molecule has 5 nitrogen and oxygen atoms in total. The van der Waals surface area contributed by atoms with Crippen LogP contribution in [-0.2, 0) is 0 Å². The monoisotopic (exact) mass is 793 g/mol. The maximum atomic E-state index is 6.61. The molecule has 0 saturated carbocycles. The van der Waals surface area contributed by atoms with Gasteiger partial charge in [-0.2, -0.15) is 0 Å². The quantitative estimate of drug-likeness (QED) is 0.161. The second-order valence-corrected chi connectivity index (χ2v) is 15.6. The van der Waals surface area contributed by atoms with Crippen molar-refractivity contribution >= 4 is 43.9 Å². The first-order valence-electron chi connectivity index (χ1n) is 20.7. The highest BCUT2D eigenvalue weighted by Gasteiger charge is 2.19. The lowest BCUT2D eigenvalue weighted by Crippen LogP contribution is -2.00. The van der Waals surface area contributed by atoms with E-state index in [1.807, 2.05) is 66.7 Å². The molecule has 0 fully saturated rings. The number of furan rings is 2. The molecule has 0 aliphatic rings. The van der Waals surface area contributed by atoms with Gasteiger partial charge in [0.2, 0.25) is 0 Å². The molecule has 0 bridgehead atoms. The molecule has 0 saturated heterocycles. The zero-order chi connectivity index (χ0) is 41.0. The molecule has 0 N–H and O–H groups in total. The van der Waals surface area contributed by atoms with E-state index in [1.54, 1.807) is 0 Å². The maximum absolute atomic E-state index is 6.61. The minimum absolute atomic E-state index is 0.587. The molecule has 0 amide bonds. The summed E-state index contributed by atoms with van der Waals surface area (Å²) >= 11 is 0. The van der Waals surface area contributed by atoms with Crippen molar-refractivity contribution in [3.8, 4) is 78.7 Å². The smallest absolute Gasteiger partial charge is 0.164 e. The van der Waals surface area contributed by atoms with Gasteiger partial charge < -0.3 is 8.83 Å². The van der Waals surface area contributed by atoms with Crippen molar-refractivity contribution in [3.63, 3.8) is 0 Å². The number of hydrogen-bond acceptors (Lipinski definition) is 5. The van der Waals surface area contributed by atoms with Gasteiger partial charge >= 0.3 is 0 Å². The van der Waals surface area contributed by atoms with Crippen molar-refractivity contribution < 1.29 is 8.83 Å². The van der Waals surface area contributed by atoms with Gasteiger partial charge in [-0.15, -0.1) is 0 Å². The maximum Gasteiger partial charge on any atom is 0.164 e. The number of para-hydroxylation sites is 1. The first-order valence-corrected chi connectivity index (χ1v) is 20.7. The molecule has 0 aliphatic heterocycles. The molecular weight excluding hydrogens is 759 g/mol. The summed E-state index contributed by atoms with van der Waals surface area (Å²) in [5.74, 6) is 1.81. The lowest BCUT2D eigenvalue weighted by Gasteiger charge is -2.10. The highest BCUT2D eigenvalue weighted by Crippen LogP contribution is 2.41. The normalized spacial score (nSPS) is 11.5. The second-order valence-electron chi connectivity index (χ2n) is 15.6. The fraction of sp³-hybridized carbons (Fsp3) is 0. The van der Waals surface area contributed by atoms with Crippen molar-refractivity contribution in [1.82, 2.24) is 15.0 Å². The Morgan fingerprint density at radius 1 is 0.258 bits per heavy atom. The number of fused-ring (bicyclic) bond motifs is 6. The van der Waals surface area contributed by atoms with Gasteiger partial charge in [0.1, 0.15) is 22.3 Å². The molecule has 0 aliphatic carbocycles. The molecule has 12 rings (SSSR count). The summed E-state index contributed by atoms with van der Waals surface area (Å²) in [5.41, 5.74) is 15.0. The van der Waals surface area contributed by atoms with Gasteiger partial charge in [0, 0.05) is 43.8 Å². The average Bonchev–Trinajstić information content (AvgIpc) is 3.93. The van der Waals surface area contributed by atoms with Crippen LogP contribution in [0.1, 0.15) is 0 Å². The van der Waals surface area contributed by atoms with Crippen molar-refractivity contribution in [2.24, 2.45) is 0 Å². The van der Waals surface area contributed by atoms with Crippen LogP contribution in [0.25, 0.3) is 123 Å². The first-order chi connectivity index (χ1) is 30.7. The van der Waals surface area contributed by atoms with E-state index in [9.17, 15) is 0 Å². The highest BCUT2D eigenvalue weighted by molar-refractivity contribution is 6.13. The summed E-state index contributed by atoms with van der Waals surface area (Å²) in [6.45, 7) is 0. The minimum atomic E-state index is 0.587. The standard InChI is InChI=1S/C57H35N3O2/c1-4-14-36(15-5-1)41-20-12-21-43(32-41)56-58-55(40-18-8-3-9-19-40)59-57(60-56)47-23-13-25-51-53(47)46-31-30-42(35-52(46)61-51)37-26-28-38(29-27-37)44-33-48(39-16-6-2-7-17-39)54-49(34-44)45-22-10-11-24-50(45)62-54/h1-35H. The summed E-state index contributed by atoms with van der Waals surface area (Å²) in [6, 6.07) is 73.4. The predicted molar refractivity (Wildman–Crippen MR) is 252 cm³/mol. The van der Waals surface area contributed by atoms with E-state index in [0.717, 1.165) is 105 Å². The fourth-order valence-electron chi connectivity index (χ4n) is 8.68. The summed E-state index contributed by atoms with van der Waals surface area (Å²) < 4.78 is 13.0. The van der Waals surface area contributed by atoms with Crippen LogP contribution in [0.15, 0.2) is 221 Å². The van der Waals surface area contributed by atoms with Crippen LogP contribution in [0.4, 0.5) is 0 Å². The molecule has 0 spiro atoms. The van der Waals surface area contributed by atoms with Gasteiger partial charge in [0.15, 0.2) is 17.5 Å². The van der Waals surface area contributed by atoms with E-state index >= 15 is 0 Å². The Kier molecular flexibility index (Phi) is 8.42. The molecular formula is C57H35N3O2. The number of nitrogens with zero attached hydrogens (tertiary/aromatic N) is 3. The Morgan fingerprint density at radius 2 is 0.806 bits per heavy atom. The lowest BCUT2D eigenvalue weighted by molar-refractivity contribution is 0.669. The zero-order valence-corrected chi connectivity index (χ0v) is 33.4. The highest BCUT2D eigenvalue weighted by atomic mass is 16.3. The molecule has 9 aromatic carbocycles. The SMILES string of the molecule is c1ccc(-c2cccc(-c3nc(-c4ccccc4)nc(-c4cccc5oc6cc(-c7ccc(-c8cc(-c9ccccc9)c9oc%10ccccc%10c9c8)cc7)ccc6c45)n3)c2)cc1. The summed E-state index contributed by atoms with van der Waals surface area (Å²) in [4.78, 5) is 15.3. The Morgan fingerprint density at radius 3 is 1.58 bits per heavy atom. The van der Waals surface area contributed by atoms with Gasteiger partial charge in [0.25, 0.3) is 0 Å². The number of benzene rings is 9. The van der Waals surface area contributed by atoms with Gasteiger partial charge in [-0.3, -0.25) is 0 Å². The predicted octanol–water partition coefficient (Wildman–Crippen LogP) is 15.3. The Hall–Kier alpha value is -8.41. The third-order valence-corrected chi connectivity index (χ3v) is 11.7. The molecule has 5 heteroatoms. The summed E-state index contributed by atoms with van der Waals surface area (Å²) in [6.07, 6.45) is 0. The van der Waals surface area contributed by atoms with Crippen LogP contribution >= 0.6 is 0 Å². The fourth-order valence-corrected chi connectivity index (χ4v) is 8.68. The van der Waals surface area contributed by atoms with E-state index in [4.69, 9.17) is 23.8 Å². The average molecular weight is 794 g/mol. The van der Waals surface area contributed by atoms with Crippen LogP contribution in [0.3, 0.4) is 0 Å². The van der Waals surface area contributed by atoms with E-state index in [-0.39, 0.29) is 0 Å². The Bertz CT molecular complexity index is 3610. The summed E-state index contributed by atoms with van der Waals surface area (Å²) in [5, 5.41) is 4.19. The third kappa shape index (κ3) is 6.23. The van der Waals surface area contributed by atoms with E-state index in [2.05, 4.69) is 146 Å². The molecule has 0 atom stereocenters. The topological polar surface area (TPSA) is 65.0 Å². The van der Waals surface area contributed by atoms with E-state index < -0.39 is 0 Å². The molecule has 12 aromatic rings. The zero-order valence-electron chi connectivity index (χ0n) is 33.4. The van der Waals surface area contributed by atoms with Crippen LogP contribution < -0.4 is 0 Å². The lowest BCUT2D eigenvalue weighted by atomic mass is 9.94. The van der Waals surface area contributed by atoms with Crippen LogP contribution in [0.2, 0.25) is 0 Å². The van der Waals surface area contributed by atoms with Crippen LogP contribution in [-0.4, -0.2) is 15.0 Å². The molecule has 3 heterocycles. The third-order valence-electron chi connectivity index (χ3n) is 11.7. The van der Waals surface area contributed by atoms with Crippen LogP contribution in [0, 0.1) is 0 Å². The van der Waals surface area contributed by atoms with Gasteiger partial charge in [-0.1, -0.05) is 170 Å². The molecule has 0 unspecified atom stereocenters. The van der Waals surface area contributed by atoms with Gasteiger partial charge in [0.05, 0.1) is 0 Å². The number of rotatable bonds is 7. The molecule has 3 aromatic heterocycles. The van der Waals surface area contributed by atoms with E-state index in [0.29, 0.717) is 17.5 Å². The second kappa shape index (κ2) is 14.7. The van der Waals surface area contributed by atoms with Crippen molar-refractivity contribution in [2.45, 2.75) is 0 Å². The van der Waals surface area contributed by atoms with Gasteiger partial charge in [-0.25, -0.2) is 15.0 Å². The van der Waals surface area contributed by atoms with E-state index in [1.165, 1.54) is 0 Å². The number of hydrogen-bond donors (Lipinski definition) is 0. The molecule has 0 radical (unpaired) electrons. The van der Waals surface area contributed by atoms with Crippen LogP contribution in [0.5, 0.6) is 0 Å². The van der Waals surface area contributed by atoms with Gasteiger partial charge in [-0.05, 0) is 81.4 Å².